The Labute approximate surface area is 185 Å². The normalized spacial score (nSPS) is 11.8. The number of amides is 1. The van der Waals surface area contributed by atoms with E-state index in [9.17, 15) is 27.2 Å². The van der Waals surface area contributed by atoms with Gasteiger partial charge in [0.1, 0.15) is 12.2 Å². The van der Waals surface area contributed by atoms with Gasteiger partial charge >= 0.3 is 5.92 Å². The van der Waals surface area contributed by atoms with Gasteiger partial charge in [-0.2, -0.15) is 17.6 Å². The van der Waals surface area contributed by atoms with E-state index in [1.165, 1.54) is 43.8 Å². The van der Waals surface area contributed by atoms with Crippen LogP contribution in [0.3, 0.4) is 0 Å². The molecule has 3 rings (SSSR count). The molecule has 0 spiro atoms. The molecule has 0 atom stereocenters. The second-order valence-corrected chi connectivity index (χ2v) is 7.13. The predicted molar refractivity (Wildman–Crippen MR) is 111 cm³/mol. The lowest BCUT2D eigenvalue weighted by Crippen LogP contribution is -2.39. The van der Waals surface area contributed by atoms with Crippen LogP contribution >= 0.6 is 0 Å². The molecule has 0 bridgehead atoms. The lowest BCUT2D eigenvalue weighted by atomic mass is 10.1. The van der Waals surface area contributed by atoms with Gasteiger partial charge in [-0.1, -0.05) is 6.07 Å². The molecule has 1 amide bonds. The zero-order chi connectivity index (χ0) is 24.1. The molecule has 0 aromatic carbocycles. The van der Waals surface area contributed by atoms with Crippen LogP contribution in [0.25, 0.3) is 0 Å². The smallest absolute Gasteiger partial charge is 0.306 e. The molecule has 0 aliphatic heterocycles. The van der Waals surface area contributed by atoms with Crippen LogP contribution in [0.4, 0.5) is 23.4 Å². The summed E-state index contributed by atoms with van der Waals surface area (Å²) < 4.78 is 58.0. The van der Waals surface area contributed by atoms with E-state index in [0.717, 1.165) is 22.8 Å². The molecular weight excluding hydrogens is 444 g/mol. The summed E-state index contributed by atoms with van der Waals surface area (Å²) in [5, 5.41) is 4.36. The summed E-state index contributed by atoms with van der Waals surface area (Å²) in [6.45, 7) is -1.07. The van der Waals surface area contributed by atoms with E-state index >= 15 is 0 Å². The summed E-state index contributed by atoms with van der Waals surface area (Å²) in [5.41, 5.74) is -1.41. The second kappa shape index (κ2) is 9.76. The zero-order valence-electron chi connectivity index (χ0n) is 17.4. The van der Waals surface area contributed by atoms with Crippen LogP contribution in [0, 0.1) is 6.92 Å². The molecule has 33 heavy (non-hydrogen) atoms. The third-order valence-corrected chi connectivity index (χ3v) is 4.68. The third kappa shape index (κ3) is 5.90. The van der Waals surface area contributed by atoms with E-state index in [4.69, 9.17) is 0 Å². The van der Waals surface area contributed by atoms with Gasteiger partial charge in [0.2, 0.25) is 5.91 Å². The standard InChI is InChI=1S/C21H20F4N6O2/c1-14-10-28-18(30-13-21(24,25)16-4-2-3-7-27-16)19(33)31(14)11-17(32)29-12-20(22,23)15-5-8-26-9-6-15/h2-10H,11-13H2,1H3,(H,28,30)(H,29,32). The number of nitrogens with one attached hydrogen (secondary N) is 2. The summed E-state index contributed by atoms with van der Waals surface area (Å²) in [6, 6.07) is 6.30. The first kappa shape index (κ1) is 23.8. The van der Waals surface area contributed by atoms with Crippen LogP contribution in [0.2, 0.25) is 0 Å². The number of nitrogens with zero attached hydrogens (tertiary/aromatic N) is 4. The van der Waals surface area contributed by atoms with E-state index < -0.39 is 54.5 Å². The molecule has 174 valence electrons. The summed E-state index contributed by atoms with van der Waals surface area (Å²) in [5.74, 6) is -8.00. The van der Waals surface area contributed by atoms with Gasteiger partial charge in [0, 0.05) is 36.0 Å². The number of alkyl halides is 4. The minimum absolute atomic E-state index is 0.248. The van der Waals surface area contributed by atoms with Crippen molar-refractivity contribution < 1.29 is 22.4 Å². The van der Waals surface area contributed by atoms with Gasteiger partial charge in [-0.05, 0) is 31.2 Å². The highest BCUT2D eigenvalue weighted by molar-refractivity contribution is 5.76. The molecule has 0 aliphatic carbocycles. The topological polar surface area (TPSA) is 102 Å². The van der Waals surface area contributed by atoms with Gasteiger partial charge in [-0.25, -0.2) is 4.98 Å². The van der Waals surface area contributed by atoms with Crippen LogP contribution in [-0.4, -0.2) is 38.5 Å². The van der Waals surface area contributed by atoms with Crippen molar-refractivity contribution in [1.82, 2.24) is 24.8 Å². The van der Waals surface area contributed by atoms with Gasteiger partial charge in [-0.15, -0.1) is 0 Å². The van der Waals surface area contributed by atoms with Crippen LogP contribution in [0.1, 0.15) is 17.0 Å². The van der Waals surface area contributed by atoms with Crippen LogP contribution < -0.4 is 16.2 Å². The van der Waals surface area contributed by atoms with Crippen LogP contribution in [0.15, 0.2) is 59.9 Å². The maximum Gasteiger partial charge on any atom is 0.306 e. The fourth-order valence-electron chi connectivity index (χ4n) is 2.86. The zero-order valence-corrected chi connectivity index (χ0v) is 17.4. The highest BCUT2D eigenvalue weighted by Crippen LogP contribution is 2.26. The molecule has 8 nitrogen and oxygen atoms in total. The van der Waals surface area contributed by atoms with E-state index in [0.29, 0.717) is 0 Å². The molecule has 0 saturated carbocycles. The Morgan fingerprint density at radius 2 is 1.73 bits per heavy atom. The Hall–Kier alpha value is -3.83. The quantitative estimate of drug-likeness (QED) is 0.472. The van der Waals surface area contributed by atoms with E-state index in [-0.39, 0.29) is 11.3 Å². The van der Waals surface area contributed by atoms with Crippen molar-refractivity contribution in [3.63, 3.8) is 0 Å². The average molecular weight is 464 g/mol. The number of rotatable bonds is 9. The molecule has 0 aliphatic rings. The van der Waals surface area contributed by atoms with Crippen molar-refractivity contribution in [3.05, 3.63) is 82.4 Å². The van der Waals surface area contributed by atoms with Gasteiger partial charge in [0.25, 0.3) is 11.5 Å². The van der Waals surface area contributed by atoms with Gasteiger partial charge in [0.05, 0.1) is 13.1 Å². The molecule has 0 unspecified atom stereocenters. The monoisotopic (exact) mass is 464 g/mol. The molecule has 2 N–H and O–H groups in total. The minimum Gasteiger partial charge on any atom is -0.359 e. The molecule has 3 aromatic rings. The molecule has 0 saturated heterocycles. The first-order valence-electron chi connectivity index (χ1n) is 9.75. The van der Waals surface area contributed by atoms with Crippen molar-refractivity contribution in [1.29, 1.82) is 0 Å². The Morgan fingerprint density at radius 1 is 1.00 bits per heavy atom. The van der Waals surface area contributed by atoms with Crippen molar-refractivity contribution in [2.75, 3.05) is 18.4 Å². The van der Waals surface area contributed by atoms with Crippen molar-refractivity contribution in [2.24, 2.45) is 0 Å². The largest absolute Gasteiger partial charge is 0.359 e. The minimum atomic E-state index is -3.39. The SMILES string of the molecule is Cc1cnc(NCC(F)(F)c2ccccn2)c(=O)n1CC(=O)NCC(F)(F)c1ccncc1. The summed E-state index contributed by atoms with van der Waals surface area (Å²) in [7, 11) is 0. The van der Waals surface area contributed by atoms with Gasteiger partial charge < -0.3 is 10.6 Å². The number of carbonyl (C=O) groups excluding carboxylic acids is 1. The van der Waals surface area contributed by atoms with E-state index in [1.807, 2.05) is 0 Å². The number of pyridine rings is 2. The van der Waals surface area contributed by atoms with Gasteiger partial charge in [-0.3, -0.25) is 24.1 Å². The summed E-state index contributed by atoms with van der Waals surface area (Å²) in [4.78, 5) is 35.9. The van der Waals surface area contributed by atoms with Crippen molar-refractivity contribution in [2.45, 2.75) is 25.3 Å². The van der Waals surface area contributed by atoms with Crippen LogP contribution in [0.5, 0.6) is 0 Å². The lowest BCUT2D eigenvalue weighted by molar-refractivity contribution is -0.123. The molecule has 0 fully saturated rings. The number of carbonyl (C=O) groups is 1. The number of anilines is 1. The maximum atomic E-state index is 14.3. The number of halogens is 4. The number of aromatic nitrogens is 4. The number of hydrogen-bond acceptors (Lipinski definition) is 6. The van der Waals surface area contributed by atoms with Crippen molar-refractivity contribution in [3.8, 4) is 0 Å². The van der Waals surface area contributed by atoms with Crippen LogP contribution in [-0.2, 0) is 23.2 Å². The fourth-order valence-corrected chi connectivity index (χ4v) is 2.86. The Kier molecular flexibility index (Phi) is 7.04. The maximum absolute atomic E-state index is 14.3. The van der Waals surface area contributed by atoms with E-state index in [2.05, 4.69) is 25.6 Å². The fraction of sp³-hybridized carbons (Fsp3) is 0.286. The lowest BCUT2D eigenvalue weighted by Gasteiger charge is -2.19. The molecule has 3 heterocycles. The molecule has 0 radical (unpaired) electrons. The predicted octanol–water partition coefficient (Wildman–Crippen LogP) is 2.45. The highest BCUT2D eigenvalue weighted by atomic mass is 19.3. The number of hydrogen-bond donors (Lipinski definition) is 2. The Balaban J connectivity index is 1.67. The second-order valence-electron chi connectivity index (χ2n) is 7.13. The highest BCUT2D eigenvalue weighted by Gasteiger charge is 2.34. The van der Waals surface area contributed by atoms with Gasteiger partial charge in [0.15, 0.2) is 5.82 Å². The average Bonchev–Trinajstić information content (AvgIpc) is 2.81. The first-order chi connectivity index (χ1) is 15.6. The summed E-state index contributed by atoms with van der Waals surface area (Å²) in [6.07, 6.45) is 4.84. The third-order valence-electron chi connectivity index (χ3n) is 4.68. The molecule has 12 heteroatoms. The Morgan fingerprint density at radius 3 is 2.39 bits per heavy atom. The number of aryl methyl sites for hydroxylation is 1. The molecule has 3 aromatic heterocycles. The summed E-state index contributed by atoms with van der Waals surface area (Å²) >= 11 is 0. The van der Waals surface area contributed by atoms with Crippen molar-refractivity contribution >= 4 is 11.7 Å². The molecular formula is C21H20F4N6O2. The first-order valence-corrected chi connectivity index (χ1v) is 9.75. The Bertz CT molecular complexity index is 1160. The van der Waals surface area contributed by atoms with E-state index in [1.54, 1.807) is 0 Å².